The Morgan fingerprint density at radius 3 is 1.46 bits per heavy atom. The number of carbonyl (C=O) groups excluding carboxylic acids is 5. The fourth-order valence-corrected chi connectivity index (χ4v) is 9.07. The quantitative estimate of drug-likeness (QED) is 0.0352. The van der Waals surface area contributed by atoms with Crippen LogP contribution in [0.5, 0.6) is 0 Å². The van der Waals surface area contributed by atoms with Crippen LogP contribution in [0.1, 0.15) is 77.6 Å². The van der Waals surface area contributed by atoms with Crippen LogP contribution in [0.4, 0.5) is 4.79 Å². The Balaban J connectivity index is 1.49. The lowest BCUT2D eigenvalue weighted by Gasteiger charge is -2.32. The number of rotatable bonds is 32. The van der Waals surface area contributed by atoms with Crippen LogP contribution in [0, 0.1) is 3.57 Å². The van der Waals surface area contributed by atoms with Gasteiger partial charge in [-0.05, 0) is 97.0 Å². The van der Waals surface area contributed by atoms with Crippen molar-refractivity contribution in [3.05, 3.63) is 67.2 Å². The van der Waals surface area contributed by atoms with E-state index in [1.165, 1.54) is 6.07 Å². The van der Waals surface area contributed by atoms with Gasteiger partial charge in [-0.15, -0.1) is 0 Å². The lowest BCUT2D eigenvalue weighted by Crippen LogP contribution is -2.51. The van der Waals surface area contributed by atoms with Crippen LogP contribution in [0.2, 0.25) is 0 Å². The molecule has 79 heavy (non-hydrogen) atoms. The maximum absolute atomic E-state index is 13.6. The van der Waals surface area contributed by atoms with Crippen molar-refractivity contribution in [3.63, 3.8) is 0 Å². The summed E-state index contributed by atoms with van der Waals surface area (Å²) in [6, 6.07) is 7.95. The fraction of sp³-hybridized carbons (Fsp3) is 0.540. The number of carboxylic acid groups (broad SMARTS) is 6. The Hall–Kier alpha value is -6.54. The largest absolute Gasteiger partial charge is 0.481 e. The number of carboxylic acids is 6. The minimum Gasteiger partial charge on any atom is -0.481 e. The van der Waals surface area contributed by atoms with Gasteiger partial charge in [-0.3, -0.25) is 58.0 Å². The molecule has 11 N–H and O–H groups in total. The van der Waals surface area contributed by atoms with E-state index >= 15 is 0 Å². The lowest BCUT2D eigenvalue weighted by atomic mass is 10.1. The average Bonchev–Trinajstić information content (AvgIpc) is 3.38. The number of nitrogens with one attached hydrogen (secondary N) is 5. The molecule has 0 saturated carbocycles. The van der Waals surface area contributed by atoms with Crippen LogP contribution < -0.4 is 26.6 Å². The number of aliphatic carboxylic acids is 6. The van der Waals surface area contributed by atoms with Gasteiger partial charge in [0.25, 0.3) is 11.8 Å². The molecule has 1 fully saturated rings. The molecule has 2 atom stereocenters. The first-order valence-corrected chi connectivity index (χ1v) is 27.3. The molecule has 0 bridgehead atoms. The fourth-order valence-electron chi connectivity index (χ4n) is 8.13. The van der Waals surface area contributed by atoms with E-state index in [9.17, 15) is 78.3 Å². The summed E-state index contributed by atoms with van der Waals surface area (Å²) < 4.78 is 1.44. The van der Waals surface area contributed by atoms with Crippen molar-refractivity contribution in [1.29, 1.82) is 0 Å². The van der Waals surface area contributed by atoms with Crippen molar-refractivity contribution in [3.8, 4) is 0 Å². The molecule has 2 aromatic rings. The SMILES string of the molecule is O=C(O)CC[C@H](NC(=O)N[C@@H](CCCCN(Cc1ccc(Br)cc1)C(=O)CCCCNC(=O)c1cc([125I])cc(C(=O)NCCNC(=O)CN2CCN(CC(=O)O)CCN(CC(=O)O)CCN(CC(=O)O)CC2)c1)C(=O)O)C(=O)O. The second-order valence-electron chi connectivity index (χ2n) is 18.6. The van der Waals surface area contributed by atoms with Gasteiger partial charge in [0.15, 0.2) is 0 Å². The summed E-state index contributed by atoms with van der Waals surface area (Å²) in [5.41, 5.74) is 1.25. The van der Waals surface area contributed by atoms with E-state index in [-0.39, 0.29) is 148 Å². The second kappa shape index (κ2) is 35.9. The first-order valence-electron chi connectivity index (χ1n) is 25.4. The molecule has 436 valence electrons. The van der Waals surface area contributed by atoms with Crippen LogP contribution in [0.15, 0.2) is 46.9 Å². The highest BCUT2D eigenvalue weighted by molar-refractivity contribution is 14.1. The van der Waals surface area contributed by atoms with E-state index in [0.29, 0.717) is 22.8 Å². The third kappa shape index (κ3) is 28.3. The van der Waals surface area contributed by atoms with Crippen LogP contribution in [-0.4, -0.2) is 237 Å². The third-order valence-corrected chi connectivity index (χ3v) is 13.4. The van der Waals surface area contributed by atoms with E-state index in [0.717, 1.165) is 10.0 Å². The zero-order valence-corrected chi connectivity index (χ0v) is 47.3. The number of hydrogen-bond donors (Lipinski definition) is 11. The normalized spacial score (nSPS) is 14.7. The molecule has 0 radical (unpaired) electrons. The number of halogens is 2. The molecule has 2 aromatic carbocycles. The summed E-state index contributed by atoms with van der Waals surface area (Å²) in [5, 5.41) is 68.9. The van der Waals surface area contributed by atoms with Gasteiger partial charge < -0.3 is 62.1 Å². The van der Waals surface area contributed by atoms with Crippen molar-refractivity contribution >= 4 is 104 Å². The minimum absolute atomic E-state index is 0.0308. The highest BCUT2D eigenvalue weighted by Crippen LogP contribution is 2.16. The molecule has 0 aromatic heterocycles. The summed E-state index contributed by atoms with van der Waals surface area (Å²) >= 11 is 5.38. The Morgan fingerprint density at radius 1 is 0.532 bits per heavy atom. The van der Waals surface area contributed by atoms with Crippen LogP contribution >= 0.6 is 38.5 Å². The van der Waals surface area contributed by atoms with E-state index in [4.69, 9.17) is 5.11 Å². The zero-order chi connectivity index (χ0) is 58.4. The Labute approximate surface area is 478 Å². The van der Waals surface area contributed by atoms with Gasteiger partial charge in [-0.25, -0.2) is 14.4 Å². The topological polar surface area (TPSA) is 386 Å². The molecule has 3 rings (SSSR count). The van der Waals surface area contributed by atoms with E-state index in [1.54, 1.807) is 36.6 Å². The molecule has 27 nitrogen and oxygen atoms in total. The maximum Gasteiger partial charge on any atom is 0.326 e. The highest BCUT2D eigenvalue weighted by atomic mass is 125. The number of carbonyl (C=O) groups is 11. The third-order valence-electron chi connectivity index (χ3n) is 12.3. The first-order chi connectivity index (χ1) is 37.5. The molecule has 29 heteroatoms. The van der Waals surface area contributed by atoms with Gasteiger partial charge in [0, 0.05) is 117 Å². The van der Waals surface area contributed by atoms with Crippen molar-refractivity contribution < 1.29 is 83.4 Å². The van der Waals surface area contributed by atoms with Gasteiger partial charge in [0.05, 0.1) is 26.2 Å². The molecule has 0 spiro atoms. The van der Waals surface area contributed by atoms with Gasteiger partial charge in [-0.1, -0.05) is 28.1 Å². The Kier molecular flexibility index (Phi) is 30.3. The number of nitrogens with zero attached hydrogens (tertiary/aromatic N) is 5. The van der Waals surface area contributed by atoms with Crippen molar-refractivity contribution in [2.24, 2.45) is 0 Å². The molecule has 1 heterocycles. The average molecular weight is 1290 g/mol. The highest BCUT2D eigenvalue weighted by Gasteiger charge is 2.26. The standard InChI is InChI=1S/C50H70BrIN10O17/c51-36-9-7-33(8-10-36)28-62(16-4-2-5-38(48(75)76)56-50(79)57-39(49(77)78)11-12-42(65)66)41(64)6-1-3-13-54-46(73)34-25-35(27-37(52)26-34)47(74)55-15-14-53-40(63)29-58-17-19-59(30-43(67)68)21-23-61(32-45(71)72)24-22-60(20-18-58)31-44(69)70/h7-10,25-27,38-39H,1-6,11-24,28-32H2,(H,53,63)(H,54,73)(H,55,74)(H,65,66)(H,67,68)(H,69,70)(H,71,72)(H,75,76)(H,77,78)(H2,56,57,79)/t38-,39-/m0/s1/i52-2. The predicted octanol–water partition coefficient (Wildman–Crippen LogP) is 0.545. The van der Waals surface area contributed by atoms with Crippen molar-refractivity contribution in [2.75, 3.05) is 105 Å². The Bertz CT molecular complexity index is 2390. The lowest BCUT2D eigenvalue weighted by molar-refractivity contribution is -0.141. The van der Waals surface area contributed by atoms with E-state index in [2.05, 4.69) is 42.5 Å². The smallest absolute Gasteiger partial charge is 0.326 e. The number of unbranched alkanes of at least 4 members (excludes halogenated alkanes) is 2. The number of amides is 6. The van der Waals surface area contributed by atoms with Gasteiger partial charge in [-0.2, -0.15) is 0 Å². The molecular weight excluding hydrogens is 1220 g/mol. The summed E-state index contributed by atoms with van der Waals surface area (Å²) in [6.07, 6.45) is 0.590. The molecule has 1 aliphatic rings. The summed E-state index contributed by atoms with van der Waals surface area (Å²) in [4.78, 5) is 143. The van der Waals surface area contributed by atoms with E-state index < -0.39 is 84.5 Å². The van der Waals surface area contributed by atoms with Crippen LogP contribution in [0.25, 0.3) is 0 Å². The van der Waals surface area contributed by atoms with Gasteiger partial charge >= 0.3 is 41.8 Å². The molecule has 6 amide bonds. The summed E-state index contributed by atoms with van der Waals surface area (Å²) in [6.45, 7) is 1.68. The van der Waals surface area contributed by atoms with Gasteiger partial charge in [0.2, 0.25) is 11.8 Å². The number of hydrogen-bond acceptors (Lipinski definition) is 15. The molecule has 1 aliphatic heterocycles. The maximum atomic E-state index is 13.6. The molecule has 1 saturated heterocycles. The predicted molar refractivity (Wildman–Crippen MR) is 294 cm³/mol. The first kappa shape index (κ1) is 66.7. The second-order valence-corrected chi connectivity index (χ2v) is 20.8. The van der Waals surface area contributed by atoms with Crippen molar-refractivity contribution in [2.45, 2.75) is 70.0 Å². The van der Waals surface area contributed by atoms with E-state index in [1.807, 2.05) is 46.9 Å². The Morgan fingerprint density at radius 2 is 0.987 bits per heavy atom. The summed E-state index contributed by atoms with van der Waals surface area (Å²) in [7, 11) is 0. The molecule has 0 unspecified atom stereocenters. The minimum atomic E-state index is -1.55. The number of urea groups is 1. The summed E-state index contributed by atoms with van der Waals surface area (Å²) in [5.74, 6) is -8.86. The number of benzene rings is 2. The van der Waals surface area contributed by atoms with Gasteiger partial charge in [0.1, 0.15) is 12.1 Å². The molecular formula is C50H70BrIN10O17. The van der Waals surface area contributed by atoms with Crippen LogP contribution in [0.3, 0.4) is 0 Å². The zero-order valence-electron chi connectivity index (χ0n) is 43.5. The molecule has 0 aliphatic carbocycles. The van der Waals surface area contributed by atoms with Crippen LogP contribution in [-0.2, 0) is 44.9 Å². The monoisotopic (exact) mass is 1290 g/mol. The van der Waals surface area contributed by atoms with Crippen molar-refractivity contribution in [1.82, 2.24) is 51.1 Å².